The van der Waals surface area contributed by atoms with Gasteiger partial charge in [0.05, 0.1) is 10.6 Å². The van der Waals surface area contributed by atoms with E-state index in [2.05, 4.69) is 22.4 Å². The summed E-state index contributed by atoms with van der Waals surface area (Å²) in [4.78, 5) is 0. The van der Waals surface area contributed by atoms with Crippen LogP contribution < -0.4 is 5.73 Å². The van der Waals surface area contributed by atoms with Gasteiger partial charge in [-0.2, -0.15) is 0 Å². The zero-order chi connectivity index (χ0) is 15.1. The number of tetrazole rings is 1. The Balaban J connectivity index is 1.99. The quantitative estimate of drug-likeness (QED) is 0.592. The number of hydrogen-bond acceptors (Lipinski definition) is 4. The molecule has 0 spiro atoms. The second-order valence-corrected chi connectivity index (χ2v) is 5.60. The van der Waals surface area contributed by atoms with Crippen LogP contribution in [0.2, 0.25) is 5.02 Å². The Morgan fingerprint density at radius 1 is 1.14 bits per heavy atom. The number of rotatable bonds is 8. The maximum absolute atomic E-state index is 6.22. The first-order valence-electron chi connectivity index (χ1n) is 7.54. The van der Waals surface area contributed by atoms with Crippen LogP contribution >= 0.6 is 11.6 Å². The molecule has 114 valence electrons. The van der Waals surface area contributed by atoms with Gasteiger partial charge in [-0.05, 0) is 29.0 Å². The van der Waals surface area contributed by atoms with Crippen LogP contribution in [0.1, 0.15) is 45.4 Å². The Morgan fingerprint density at radius 3 is 2.67 bits per heavy atom. The van der Waals surface area contributed by atoms with Crippen molar-refractivity contribution in [1.29, 1.82) is 0 Å². The highest BCUT2D eigenvalue weighted by atomic mass is 35.5. The number of nitrogens with zero attached hydrogens (tertiary/aromatic N) is 4. The molecule has 6 heteroatoms. The second-order valence-electron chi connectivity index (χ2n) is 5.20. The molecule has 0 radical (unpaired) electrons. The van der Waals surface area contributed by atoms with Gasteiger partial charge in [-0.15, -0.1) is 5.10 Å². The van der Waals surface area contributed by atoms with Crippen LogP contribution in [-0.4, -0.2) is 20.2 Å². The van der Waals surface area contributed by atoms with Crippen LogP contribution in [0.15, 0.2) is 18.2 Å². The van der Waals surface area contributed by atoms with Crippen LogP contribution in [0, 0.1) is 0 Å². The number of benzene rings is 1. The third kappa shape index (κ3) is 4.17. The molecule has 0 amide bonds. The summed E-state index contributed by atoms with van der Waals surface area (Å²) in [6, 6.07) is 5.44. The van der Waals surface area contributed by atoms with Gasteiger partial charge in [0.2, 0.25) is 0 Å². The molecule has 2 aromatic rings. The van der Waals surface area contributed by atoms with E-state index in [1.54, 1.807) is 10.7 Å². The van der Waals surface area contributed by atoms with Crippen molar-refractivity contribution >= 4 is 17.3 Å². The number of anilines is 1. The maximum Gasteiger partial charge on any atom is 0.185 e. The fourth-order valence-electron chi connectivity index (χ4n) is 2.35. The van der Waals surface area contributed by atoms with Crippen molar-refractivity contribution in [2.75, 3.05) is 5.73 Å². The molecule has 0 aliphatic heterocycles. The smallest absolute Gasteiger partial charge is 0.185 e. The molecule has 0 aliphatic rings. The van der Waals surface area contributed by atoms with Crippen LogP contribution in [0.5, 0.6) is 0 Å². The first kappa shape index (κ1) is 15.8. The SMILES string of the molecule is CCCCCCCCn1nnnc1-c1c(N)cccc1Cl. The number of hydrogen-bond donors (Lipinski definition) is 1. The molecule has 2 N–H and O–H groups in total. The number of nitrogen functional groups attached to an aromatic ring is 1. The van der Waals surface area contributed by atoms with Gasteiger partial charge in [0, 0.05) is 12.2 Å². The predicted molar refractivity (Wildman–Crippen MR) is 86.1 cm³/mol. The molecule has 1 aromatic heterocycles. The van der Waals surface area contributed by atoms with Gasteiger partial charge in [-0.1, -0.05) is 56.7 Å². The lowest BCUT2D eigenvalue weighted by Gasteiger charge is -2.08. The largest absolute Gasteiger partial charge is 0.398 e. The van der Waals surface area contributed by atoms with E-state index in [9.17, 15) is 0 Å². The molecular weight excluding hydrogens is 286 g/mol. The van der Waals surface area contributed by atoms with E-state index in [1.807, 2.05) is 12.1 Å². The van der Waals surface area contributed by atoms with Crippen LogP contribution in [0.3, 0.4) is 0 Å². The highest BCUT2D eigenvalue weighted by molar-refractivity contribution is 6.33. The van der Waals surface area contributed by atoms with E-state index >= 15 is 0 Å². The summed E-state index contributed by atoms with van der Waals surface area (Å²) in [6.45, 7) is 3.01. The fourth-order valence-corrected chi connectivity index (χ4v) is 2.62. The molecule has 0 bridgehead atoms. The van der Waals surface area contributed by atoms with Gasteiger partial charge in [0.25, 0.3) is 0 Å². The van der Waals surface area contributed by atoms with Crippen LogP contribution in [-0.2, 0) is 6.54 Å². The molecule has 0 saturated heterocycles. The maximum atomic E-state index is 6.22. The topological polar surface area (TPSA) is 69.6 Å². The highest BCUT2D eigenvalue weighted by Crippen LogP contribution is 2.31. The minimum Gasteiger partial charge on any atom is -0.398 e. The van der Waals surface area contributed by atoms with Gasteiger partial charge < -0.3 is 5.73 Å². The van der Waals surface area contributed by atoms with Gasteiger partial charge >= 0.3 is 0 Å². The summed E-state index contributed by atoms with van der Waals surface area (Å²) in [7, 11) is 0. The molecule has 0 saturated carbocycles. The summed E-state index contributed by atoms with van der Waals surface area (Å²) in [5.41, 5.74) is 7.31. The molecule has 0 fully saturated rings. The van der Waals surface area contributed by atoms with Crippen molar-refractivity contribution < 1.29 is 0 Å². The Labute approximate surface area is 130 Å². The summed E-state index contributed by atoms with van der Waals surface area (Å²) in [5.74, 6) is 0.645. The molecule has 0 aliphatic carbocycles. The van der Waals surface area contributed by atoms with Gasteiger partial charge in [0.15, 0.2) is 5.82 Å². The molecule has 5 nitrogen and oxygen atoms in total. The van der Waals surface area contributed by atoms with Crippen LogP contribution in [0.25, 0.3) is 11.4 Å². The van der Waals surface area contributed by atoms with E-state index in [1.165, 1.54) is 32.1 Å². The van der Waals surface area contributed by atoms with Crippen LogP contribution in [0.4, 0.5) is 5.69 Å². The lowest BCUT2D eigenvalue weighted by molar-refractivity contribution is 0.519. The lowest BCUT2D eigenvalue weighted by atomic mass is 10.1. The first-order valence-corrected chi connectivity index (χ1v) is 7.92. The van der Waals surface area contributed by atoms with Gasteiger partial charge in [0.1, 0.15) is 0 Å². The highest BCUT2D eigenvalue weighted by Gasteiger charge is 2.15. The van der Waals surface area contributed by atoms with E-state index in [0.717, 1.165) is 18.5 Å². The standard InChI is InChI=1S/C15H22ClN5/c1-2-3-4-5-6-7-11-21-15(18-19-20-21)14-12(16)9-8-10-13(14)17/h8-10H,2-7,11,17H2,1H3. The average molecular weight is 308 g/mol. The average Bonchev–Trinajstić information content (AvgIpc) is 2.91. The number of aryl methyl sites for hydroxylation is 1. The lowest BCUT2D eigenvalue weighted by Crippen LogP contribution is -2.05. The summed E-state index contributed by atoms with van der Waals surface area (Å²) < 4.78 is 1.79. The van der Waals surface area contributed by atoms with Gasteiger partial charge in [-0.3, -0.25) is 0 Å². The van der Waals surface area contributed by atoms with Crippen molar-refractivity contribution in [3.8, 4) is 11.4 Å². The molecule has 0 unspecified atom stereocenters. The summed E-state index contributed by atoms with van der Waals surface area (Å²) in [5, 5.41) is 12.5. The monoisotopic (exact) mass is 307 g/mol. The normalized spacial score (nSPS) is 11.0. The Hall–Kier alpha value is -1.62. The van der Waals surface area contributed by atoms with Crippen molar-refractivity contribution in [2.45, 2.75) is 52.0 Å². The molecule has 0 atom stereocenters. The third-order valence-electron chi connectivity index (χ3n) is 3.52. The number of unbranched alkanes of at least 4 members (excludes halogenated alkanes) is 5. The summed E-state index contributed by atoms with van der Waals surface area (Å²) >= 11 is 6.22. The van der Waals surface area contributed by atoms with E-state index in [-0.39, 0.29) is 0 Å². The number of nitrogens with two attached hydrogens (primary N) is 1. The predicted octanol–water partition coefficient (Wildman–Crippen LogP) is 3.94. The summed E-state index contributed by atoms with van der Waals surface area (Å²) in [6.07, 6.45) is 7.40. The fraction of sp³-hybridized carbons (Fsp3) is 0.533. The molecule has 21 heavy (non-hydrogen) atoms. The van der Waals surface area contributed by atoms with Gasteiger partial charge in [-0.25, -0.2) is 4.68 Å². The molecule has 2 rings (SSSR count). The van der Waals surface area contributed by atoms with Crippen molar-refractivity contribution in [2.24, 2.45) is 0 Å². The Bertz CT molecular complexity index is 547. The first-order chi connectivity index (χ1) is 10.2. The molecule has 1 aromatic carbocycles. The number of halogens is 1. The van der Waals surface area contributed by atoms with E-state index < -0.39 is 0 Å². The zero-order valence-corrected chi connectivity index (χ0v) is 13.2. The zero-order valence-electron chi connectivity index (χ0n) is 12.4. The Kier molecular flexibility index (Phi) is 5.99. The second kappa shape index (κ2) is 7.98. The molecule has 1 heterocycles. The number of aromatic nitrogens is 4. The minimum absolute atomic E-state index is 0.578. The van der Waals surface area contributed by atoms with Crippen molar-refractivity contribution in [1.82, 2.24) is 20.2 Å². The Morgan fingerprint density at radius 2 is 1.90 bits per heavy atom. The minimum atomic E-state index is 0.578. The van der Waals surface area contributed by atoms with E-state index in [4.69, 9.17) is 17.3 Å². The van der Waals surface area contributed by atoms with Crippen molar-refractivity contribution in [3.63, 3.8) is 0 Å². The third-order valence-corrected chi connectivity index (χ3v) is 3.84. The van der Waals surface area contributed by atoms with E-state index in [0.29, 0.717) is 16.5 Å². The molecular formula is C15H22ClN5. The van der Waals surface area contributed by atoms with Crippen molar-refractivity contribution in [3.05, 3.63) is 23.2 Å².